The number of hydrogen-bond acceptors (Lipinski definition) is 5. The molecule has 3 aromatic rings. The van der Waals surface area contributed by atoms with Gasteiger partial charge in [0.1, 0.15) is 17.6 Å². The summed E-state index contributed by atoms with van der Waals surface area (Å²) in [6.45, 7) is 4.43. The maximum Gasteiger partial charge on any atom is 0.407 e. The maximum absolute atomic E-state index is 14.7. The fourth-order valence-electron chi connectivity index (χ4n) is 5.12. The van der Waals surface area contributed by atoms with Gasteiger partial charge in [-0.1, -0.05) is 6.07 Å². The Kier molecular flexibility index (Phi) is 4.66. The van der Waals surface area contributed by atoms with E-state index in [1.807, 2.05) is 24.8 Å². The topological polar surface area (TPSA) is 97.2 Å². The van der Waals surface area contributed by atoms with Crippen LogP contribution in [0, 0.1) is 19.7 Å². The van der Waals surface area contributed by atoms with Crippen LogP contribution in [0.2, 0.25) is 0 Å². The number of aryl methyl sites for hydroxylation is 2. The Balaban J connectivity index is 1.75. The molecule has 0 bridgehead atoms. The number of hydrogen-bond donors (Lipinski definition) is 2. The molecule has 0 radical (unpaired) electrons. The van der Waals surface area contributed by atoms with Crippen LogP contribution in [-0.2, 0) is 4.79 Å². The van der Waals surface area contributed by atoms with Crippen LogP contribution < -0.4 is 9.80 Å². The number of pyridine rings is 1. The third-order valence-corrected chi connectivity index (χ3v) is 6.71. The van der Waals surface area contributed by atoms with Crippen molar-refractivity contribution in [3.05, 3.63) is 47.4 Å². The lowest BCUT2D eigenvalue weighted by Gasteiger charge is -2.47. The first-order valence-corrected chi connectivity index (χ1v) is 10.6. The molecule has 0 aliphatic carbocycles. The van der Waals surface area contributed by atoms with Gasteiger partial charge in [-0.15, -0.1) is 0 Å². The van der Waals surface area contributed by atoms with Crippen LogP contribution >= 0.6 is 0 Å². The zero-order chi connectivity index (χ0) is 23.6. The molecule has 3 heterocycles. The maximum atomic E-state index is 14.7. The highest BCUT2D eigenvalue weighted by atomic mass is 19.1. The molecule has 1 fully saturated rings. The second-order valence-corrected chi connectivity index (χ2v) is 8.55. The zero-order valence-corrected chi connectivity index (χ0v) is 18.5. The minimum Gasteiger partial charge on any atom is -0.507 e. The molecule has 33 heavy (non-hydrogen) atoms. The van der Waals surface area contributed by atoms with Gasteiger partial charge in [0.05, 0.1) is 35.2 Å². The van der Waals surface area contributed by atoms with Crippen molar-refractivity contribution in [2.75, 3.05) is 36.5 Å². The van der Waals surface area contributed by atoms with Crippen molar-refractivity contribution in [1.29, 1.82) is 0 Å². The lowest BCUT2D eigenvalue weighted by Crippen LogP contribution is -2.62. The number of carboxylic acid groups (broad SMARTS) is 1. The van der Waals surface area contributed by atoms with E-state index in [4.69, 9.17) is 0 Å². The highest BCUT2D eigenvalue weighted by Crippen LogP contribution is 2.45. The van der Waals surface area contributed by atoms with Crippen LogP contribution in [0.5, 0.6) is 5.75 Å². The zero-order valence-electron chi connectivity index (χ0n) is 18.5. The molecule has 2 N–H and O–H groups in total. The number of likely N-dealkylation sites (N-methyl/N-ethyl adjacent to an activating group) is 1. The molecule has 0 unspecified atom stereocenters. The van der Waals surface area contributed by atoms with Gasteiger partial charge in [0.25, 0.3) is 5.91 Å². The van der Waals surface area contributed by atoms with Crippen molar-refractivity contribution in [3.8, 4) is 16.9 Å². The molecule has 1 saturated heterocycles. The number of halogens is 1. The normalized spacial score (nSPS) is 17.9. The molecule has 8 nitrogen and oxygen atoms in total. The van der Waals surface area contributed by atoms with Gasteiger partial charge < -0.3 is 24.9 Å². The molecule has 1 aromatic heterocycles. The summed E-state index contributed by atoms with van der Waals surface area (Å²) in [5, 5.41) is 20.6. The molecule has 2 amide bonds. The number of aromatic hydroxyl groups is 1. The molecule has 2 aliphatic heterocycles. The number of piperazine rings is 1. The molecule has 5 rings (SSSR count). The van der Waals surface area contributed by atoms with Gasteiger partial charge in [-0.3, -0.25) is 9.78 Å². The van der Waals surface area contributed by atoms with Crippen LogP contribution in [0.4, 0.5) is 20.6 Å². The molecular formula is C24H23FN4O4. The number of fused-ring (bicyclic) bond motifs is 5. The summed E-state index contributed by atoms with van der Waals surface area (Å²) < 4.78 is 14.7. The summed E-state index contributed by atoms with van der Waals surface area (Å²) in [4.78, 5) is 33.9. The molecule has 170 valence electrons. The lowest BCUT2D eigenvalue weighted by molar-refractivity contribution is -0.120. The number of anilines is 2. The third-order valence-electron chi connectivity index (χ3n) is 6.71. The average Bonchev–Trinajstić information content (AvgIpc) is 2.78. The summed E-state index contributed by atoms with van der Waals surface area (Å²) in [5.74, 6) is -0.849. The van der Waals surface area contributed by atoms with Crippen molar-refractivity contribution >= 4 is 34.3 Å². The molecule has 2 aromatic carbocycles. The first-order valence-electron chi connectivity index (χ1n) is 10.6. The van der Waals surface area contributed by atoms with Crippen LogP contribution in [0.15, 0.2) is 30.5 Å². The molecule has 0 spiro atoms. The van der Waals surface area contributed by atoms with Crippen molar-refractivity contribution in [3.63, 3.8) is 0 Å². The number of aromatic nitrogens is 1. The summed E-state index contributed by atoms with van der Waals surface area (Å²) in [6, 6.07) is 5.49. The number of amides is 2. The van der Waals surface area contributed by atoms with Gasteiger partial charge in [-0.05, 0) is 48.7 Å². The molecule has 2 aliphatic rings. The number of rotatable bonds is 1. The number of carbonyl (C=O) groups is 2. The van der Waals surface area contributed by atoms with Crippen LogP contribution in [0.3, 0.4) is 0 Å². The van der Waals surface area contributed by atoms with E-state index in [9.17, 15) is 24.2 Å². The highest BCUT2D eigenvalue weighted by molar-refractivity contribution is 6.12. The van der Waals surface area contributed by atoms with E-state index < -0.39 is 18.0 Å². The van der Waals surface area contributed by atoms with Gasteiger partial charge in [0.2, 0.25) is 0 Å². The van der Waals surface area contributed by atoms with Crippen molar-refractivity contribution < 1.29 is 24.2 Å². The van der Waals surface area contributed by atoms with Crippen molar-refractivity contribution in [2.45, 2.75) is 19.9 Å². The highest BCUT2D eigenvalue weighted by Gasteiger charge is 2.42. The van der Waals surface area contributed by atoms with E-state index in [2.05, 4.69) is 4.98 Å². The number of carbonyl (C=O) groups excluding carboxylic acids is 1. The molecular weight excluding hydrogens is 427 g/mol. The predicted octanol–water partition coefficient (Wildman–Crippen LogP) is 3.51. The fourth-order valence-corrected chi connectivity index (χ4v) is 5.12. The number of nitrogens with zero attached hydrogens (tertiary/aromatic N) is 4. The Bertz CT molecular complexity index is 1320. The molecule has 1 atom stereocenters. The van der Waals surface area contributed by atoms with E-state index in [-0.39, 0.29) is 30.3 Å². The molecule has 9 heteroatoms. The van der Waals surface area contributed by atoms with E-state index in [1.165, 1.54) is 28.0 Å². The quantitative estimate of drug-likeness (QED) is 0.589. The first-order chi connectivity index (χ1) is 15.7. The van der Waals surface area contributed by atoms with Gasteiger partial charge in [-0.25, -0.2) is 9.18 Å². The van der Waals surface area contributed by atoms with Crippen molar-refractivity contribution in [1.82, 2.24) is 9.88 Å². The second kappa shape index (κ2) is 7.33. The summed E-state index contributed by atoms with van der Waals surface area (Å²) in [6.07, 6.45) is 0.583. The Labute approximate surface area is 189 Å². The Morgan fingerprint density at radius 3 is 2.67 bits per heavy atom. The number of phenolic OH excluding ortho intramolecular Hbond substituents is 1. The number of benzene rings is 2. The van der Waals surface area contributed by atoms with Crippen LogP contribution in [-0.4, -0.2) is 64.8 Å². The van der Waals surface area contributed by atoms with Gasteiger partial charge in [0, 0.05) is 25.5 Å². The minimum absolute atomic E-state index is 0.0842. The summed E-state index contributed by atoms with van der Waals surface area (Å²) in [5.41, 5.74) is 4.29. The van der Waals surface area contributed by atoms with Gasteiger partial charge in [0.15, 0.2) is 0 Å². The van der Waals surface area contributed by atoms with Crippen molar-refractivity contribution in [2.24, 2.45) is 0 Å². The smallest absolute Gasteiger partial charge is 0.407 e. The van der Waals surface area contributed by atoms with Crippen LogP contribution in [0.1, 0.15) is 11.1 Å². The van der Waals surface area contributed by atoms with E-state index >= 15 is 0 Å². The predicted molar refractivity (Wildman–Crippen MR) is 122 cm³/mol. The van der Waals surface area contributed by atoms with E-state index in [0.29, 0.717) is 28.9 Å². The van der Waals surface area contributed by atoms with E-state index in [1.54, 1.807) is 13.2 Å². The Morgan fingerprint density at radius 1 is 1.21 bits per heavy atom. The first kappa shape index (κ1) is 21.0. The average molecular weight is 450 g/mol. The third kappa shape index (κ3) is 2.99. The number of phenols is 1. The second-order valence-electron chi connectivity index (χ2n) is 8.55. The Morgan fingerprint density at radius 2 is 1.97 bits per heavy atom. The minimum atomic E-state index is -1.04. The van der Waals surface area contributed by atoms with Gasteiger partial charge >= 0.3 is 6.09 Å². The SMILES string of the molecule is Cc1cc2c3c(cnc2c(C)c1-c1c(O)cccc1F)N(C)C(=O)[C@H]1CN(C(=O)O)CCN31. The fraction of sp³-hybridized carbons (Fsp3) is 0.292. The van der Waals surface area contributed by atoms with E-state index in [0.717, 1.165) is 16.6 Å². The lowest BCUT2D eigenvalue weighted by atomic mass is 9.90. The largest absolute Gasteiger partial charge is 0.507 e. The standard InChI is InChI=1S/C24H23FN4O4/c1-12-9-14-21(13(2)19(12)20-15(25)5-4-6-18(20)30)26-10-16-22(14)29-8-7-28(24(32)33)11-17(29)23(31)27(16)3/h4-6,9-10,17,30H,7-8,11H2,1-3H3,(H,32,33)/t17-/m1/s1. The van der Waals surface area contributed by atoms with Gasteiger partial charge in [-0.2, -0.15) is 0 Å². The summed E-state index contributed by atoms with van der Waals surface area (Å²) in [7, 11) is 1.66. The van der Waals surface area contributed by atoms with Crippen LogP contribution in [0.25, 0.3) is 22.0 Å². The molecule has 0 saturated carbocycles. The monoisotopic (exact) mass is 450 g/mol. The Hall–Kier alpha value is -3.88. The summed E-state index contributed by atoms with van der Waals surface area (Å²) >= 11 is 0.